The quantitative estimate of drug-likeness (QED) is 0.718. The Hall–Kier alpha value is -1.13. The van der Waals surface area contributed by atoms with Crippen LogP contribution in [0.5, 0.6) is 0 Å². The summed E-state index contributed by atoms with van der Waals surface area (Å²) in [6.45, 7) is 6.72. The van der Waals surface area contributed by atoms with Gasteiger partial charge >= 0.3 is 0 Å². The van der Waals surface area contributed by atoms with Crippen molar-refractivity contribution in [3.63, 3.8) is 0 Å². The highest BCUT2D eigenvalue weighted by atomic mass is 16.5. The lowest BCUT2D eigenvalue weighted by Crippen LogP contribution is -2.09. The van der Waals surface area contributed by atoms with Gasteiger partial charge in [0, 0.05) is 18.4 Å². The van der Waals surface area contributed by atoms with Gasteiger partial charge in [0.1, 0.15) is 5.82 Å². The summed E-state index contributed by atoms with van der Waals surface area (Å²) in [7, 11) is 0. The van der Waals surface area contributed by atoms with Crippen LogP contribution in [0.2, 0.25) is 0 Å². The van der Waals surface area contributed by atoms with Crippen molar-refractivity contribution in [2.75, 3.05) is 25.6 Å². The van der Waals surface area contributed by atoms with Crippen molar-refractivity contribution < 1.29 is 9.47 Å². The molecule has 0 saturated carbocycles. The van der Waals surface area contributed by atoms with E-state index in [2.05, 4.69) is 18.8 Å². The van der Waals surface area contributed by atoms with E-state index in [1.807, 2.05) is 12.1 Å². The second-order valence-electron chi connectivity index (χ2n) is 4.07. The molecule has 0 aliphatic carbocycles. The van der Waals surface area contributed by atoms with Crippen LogP contribution in [-0.4, -0.2) is 24.8 Å². The molecule has 0 amide bonds. The Morgan fingerprint density at radius 2 is 2.06 bits per heavy atom. The molecule has 1 aromatic rings. The van der Waals surface area contributed by atoms with E-state index < -0.39 is 0 Å². The van der Waals surface area contributed by atoms with Gasteiger partial charge in [-0.2, -0.15) is 0 Å². The average Bonchev–Trinajstić information content (AvgIpc) is 2.25. The molecule has 1 aromatic heterocycles. The second kappa shape index (κ2) is 7.19. The van der Waals surface area contributed by atoms with Crippen LogP contribution in [0.4, 0.5) is 5.82 Å². The molecule has 0 saturated heterocycles. The molecule has 0 spiro atoms. The Morgan fingerprint density at radius 1 is 1.31 bits per heavy atom. The van der Waals surface area contributed by atoms with Gasteiger partial charge in [-0.3, -0.25) is 0 Å². The van der Waals surface area contributed by atoms with E-state index in [9.17, 15) is 0 Å². The monoisotopic (exact) mass is 224 g/mol. The molecule has 1 heterocycles. The smallest absolute Gasteiger partial charge is 0.128 e. The van der Waals surface area contributed by atoms with Crippen LogP contribution in [0.15, 0.2) is 18.3 Å². The number of nitrogens with two attached hydrogens (primary N) is 1. The van der Waals surface area contributed by atoms with E-state index in [4.69, 9.17) is 15.2 Å². The third-order valence-electron chi connectivity index (χ3n) is 2.01. The number of hydrogen-bond acceptors (Lipinski definition) is 4. The SMILES string of the molecule is CC(C)COCCOCc1cccnc1N. The summed E-state index contributed by atoms with van der Waals surface area (Å²) in [4.78, 5) is 3.98. The van der Waals surface area contributed by atoms with Gasteiger partial charge in [0.15, 0.2) is 0 Å². The maximum atomic E-state index is 5.68. The van der Waals surface area contributed by atoms with Crippen molar-refractivity contribution in [3.05, 3.63) is 23.9 Å². The molecule has 2 N–H and O–H groups in total. The summed E-state index contributed by atoms with van der Waals surface area (Å²) in [6.07, 6.45) is 1.67. The highest BCUT2D eigenvalue weighted by molar-refractivity contribution is 5.37. The number of nitrogens with zero attached hydrogens (tertiary/aromatic N) is 1. The Balaban J connectivity index is 2.10. The van der Waals surface area contributed by atoms with Crippen molar-refractivity contribution in [1.82, 2.24) is 4.98 Å². The summed E-state index contributed by atoms with van der Waals surface area (Å²) in [5.41, 5.74) is 6.60. The fourth-order valence-electron chi connectivity index (χ4n) is 1.19. The highest BCUT2D eigenvalue weighted by Crippen LogP contribution is 2.07. The van der Waals surface area contributed by atoms with Gasteiger partial charge in [-0.15, -0.1) is 0 Å². The molecule has 1 rings (SSSR count). The number of hydrogen-bond donors (Lipinski definition) is 1. The van der Waals surface area contributed by atoms with Crippen LogP contribution < -0.4 is 5.73 Å². The van der Waals surface area contributed by atoms with E-state index in [0.717, 1.165) is 12.2 Å². The van der Waals surface area contributed by atoms with Gasteiger partial charge in [-0.05, 0) is 12.0 Å². The summed E-state index contributed by atoms with van der Waals surface area (Å²) in [6, 6.07) is 3.77. The molecular weight excluding hydrogens is 204 g/mol. The number of pyridine rings is 1. The highest BCUT2D eigenvalue weighted by Gasteiger charge is 1.99. The third-order valence-corrected chi connectivity index (χ3v) is 2.01. The van der Waals surface area contributed by atoms with Gasteiger partial charge in [-0.1, -0.05) is 19.9 Å². The Labute approximate surface area is 96.8 Å². The Morgan fingerprint density at radius 3 is 2.75 bits per heavy atom. The van der Waals surface area contributed by atoms with E-state index >= 15 is 0 Å². The molecule has 0 aromatic carbocycles. The fourth-order valence-corrected chi connectivity index (χ4v) is 1.19. The van der Waals surface area contributed by atoms with Crippen LogP contribution in [-0.2, 0) is 16.1 Å². The van der Waals surface area contributed by atoms with Gasteiger partial charge < -0.3 is 15.2 Å². The first-order valence-corrected chi connectivity index (χ1v) is 5.55. The number of nitrogen functional groups attached to an aromatic ring is 1. The Bertz CT molecular complexity index is 303. The molecule has 4 heteroatoms. The number of ether oxygens (including phenoxy) is 2. The maximum absolute atomic E-state index is 5.68. The molecular formula is C12H20N2O2. The normalized spacial score (nSPS) is 10.9. The zero-order chi connectivity index (χ0) is 11.8. The van der Waals surface area contributed by atoms with E-state index in [-0.39, 0.29) is 0 Å². The first kappa shape index (κ1) is 12.9. The van der Waals surface area contributed by atoms with Gasteiger partial charge in [0.05, 0.1) is 19.8 Å². The Kier molecular flexibility index (Phi) is 5.82. The number of aromatic nitrogens is 1. The van der Waals surface area contributed by atoms with Crippen LogP contribution in [0, 0.1) is 5.92 Å². The van der Waals surface area contributed by atoms with Gasteiger partial charge in [0.2, 0.25) is 0 Å². The maximum Gasteiger partial charge on any atom is 0.128 e. The molecule has 0 bridgehead atoms. The van der Waals surface area contributed by atoms with Crippen LogP contribution >= 0.6 is 0 Å². The average molecular weight is 224 g/mol. The van der Waals surface area contributed by atoms with Crippen LogP contribution in [0.25, 0.3) is 0 Å². The predicted molar refractivity (Wildman–Crippen MR) is 64.0 cm³/mol. The van der Waals surface area contributed by atoms with E-state index in [0.29, 0.717) is 31.6 Å². The van der Waals surface area contributed by atoms with Crippen LogP contribution in [0.1, 0.15) is 19.4 Å². The van der Waals surface area contributed by atoms with Gasteiger partial charge in [0.25, 0.3) is 0 Å². The van der Waals surface area contributed by atoms with Crippen molar-refractivity contribution in [2.24, 2.45) is 5.92 Å². The molecule has 0 aliphatic heterocycles. The standard InChI is InChI=1S/C12H20N2O2/c1-10(2)8-15-6-7-16-9-11-4-3-5-14-12(11)13/h3-5,10H,6-9H2,1-2H3,(H2,13,14). The third kappa shape index (κ3) is 5.09. The zero-order valence-corrected chi connectivity index (χ0v) is 9.98. The lowest BCUT2D eigenvalue weighted by atomic mass is 10.2. The number of rotatable bonds is 7. The van der Waals surface area contributed by atoms with Crippen molar-refractivity contribution >= 4 is 5.82 Å². The largest absolute Gasteiger partial charge is 0.383 e. The summed E-state index contributed by atoms with van der Waals surface area (Å²) < 4.78 is 10.8. The lowest BCUT2D eigenvalue weighted by molar-refractivity contribution is 0.0315. The number of anilines is 1. The van der Waals surface area contributed by atoms with Crippen molar-refractivity contribution in [1.29, 1.82) is 0 Å². The minimum absolute atomic E-state index is 0.491. The predicted octanol–water partition coefficient (Wildman–Crippen LogP) is 1.85. The topological polar surface area (TPSA) is 57.4 Å². The minimum atomic E-state index is 0.491. The molecule has 16 heavy (non-hydrogen) atoms. The molecule has 4 nitrogen and oxygen atoms in total. The summed E-state index contributed by atoms with van der Waals surface area (Å²) in [5, 5.41) is 0. The van der Waals surface area contributed by atoms with Crippen LogP contribution in [0.3, 0.4) is 0 Å². The first-order chi connectivity index (χ1) is 7.70. The first-order valence-electron chi connectivity index (χ1n) is 5.55. The van der Waals surface area contributed by atoms with E-state index in [1.165, 1.54) is 0 Å². The fraction of sp³-hybridized carbons (Fsp3) is 0.583. The molecule has 90 valence electrons. The minimum Gasteiger partial charge on any atom is -0.383 e. The molecule has 0 unspecified atom stereocenters. The lowest BCUT2D eigenvalue weighted by Gasteiger charge is -2.08. The molecule has 0 radical (unpaired) electrons. The second-order valence-corrected chi connectivity index (χ2v) is 4.07. The van der Waals surface area contributed by atoms with Crippen molar-refractivity contribution in [3.8, 4) is 0 Å². The van der Waals surface area contributed by atoms with E-state index in [1.54, 1.807) is 6.20 Å². The van der Waals surface area contributed by atoms with Crippen molar-refractivity contribution in [2.45, 2.75) is 20.5 Å². The summed E-state index contributed by atoms with van der Waals surface area (Å²) in [5.74, 6) is 1.10. The molecule has 0 aliphatic rings. The zero-order valence-electron chi connectivity index (χ0n) is 9.98. The molecule has 0 atom stereocenters. The molecule has 0 fully saturated rings. The summed E-state index contributed by atoms with van der Waals surface area (Å²) >= 11 is 0. The van der Waals surface area contributed by atoms with Gasteiger partial charge in [-0.25, -0.2) is 4.98 Å².